The van der Waals surface area contributed by atoms with Crippen molar-refractivity contribution >= 4 is 35.1 Å². The number of carbonyl (C=O) groups is 2. The monoisotopic (exact) mass is 413 g/mol. The van der Waals surface area contributed by atoms with E-state index in [4.69, 9.17) is 9.47 Å². The van der Waals surface area contributed by atoms with Crippen LogP contribution in [0.15, 0.2) is 46.2 Å². The van der Waals surface area contributed by atoms with E-state index >= 15 is 0 Å². The fourth-order valence-corrected chi connectivity index (χ4v) is 4.66. The summed E-state index contributed by atoms with van der Waals surface area (Å²) in [6.45, 7) is 0. The minimum Gasteiger partial charge on any atom is -0.469 e. The van der Waals surface area contributed by atoms with Gasteiger partial charge in [-0.3, -0.25) is 9.59 Å². The number of hydrogen-bond donors (Lipinski definition) is 0. The third-order valence-electron chi connectivity index (χ3n) is 5.14. The van der Waals surface area contributed by atoms with E-state index in [1.165, 1.54) is 46.5 Å². The molecule has 0 aromatic heterocycles. The van der Waals surface area contributed by atoms with Gasteiger partial charge >= 0.3 is 11.9 Å². The number of carbonyl (C=O) groups excluding carboxylic acids is 2. The van der Waals surface area contributed by atoms with E-state index in [0.29, 0.717) is 12.8 Å². The van der Waals surface area contributed by atoms with Crippen molar-refractivity contribution in [2.75, 3.05) is 26.2 Å². The van der Waals surface area contributed by atoms with Crippen LogP contribution >= 0.6 is 11.8 Å². The first-order valence-electron chi connectivity index (χ1n) is 9.83. The van der Waals surface area contributed by atoms with Gasteiger partial charge < -0.3 is 14.4 Å². The highest BCUT2D eigenvalue weighted by atomic mass is 32.2. The molecule has 0 aliphatic carbocycles. The van der Waals surface area contributed by atoms with Gasteiger partial charge in [-0.25, -0.2) is 0 Å². The van der Waals surface area contributed by atoms with Gasteiger partial charge in [-0.1, -0.05) is 23.9 Å². The largest absolute Gasteiger partial charge is 0.469 e. The predicted octanol–water partition coefficient (Wildman–Crippen LogP) is 4.91. The molecule has 154 valence electrons. The molecule has 1 heterocycles. The summed E-state index contributed by atoms with van der Waals surface area (Å²) >= 11 is 1.78. The highest BCUT2D eigenvalue weighted by Crippen LogP contribution is 2.48. The Morgan fingerprint density at radius 3 is 2.03 bits per heavy atom. The molecule has 3 rings (SSSR count). The molecule has 0 bridgehead atoms. The number of aryl methyl sites for hydroxylation is 2. The Balaban J connectivity index is 1.68. The second-order valence-corrected chi connectivity index (χ2v) is 8.21. The molecule has 0 N–H and O–H groups in total. The van der Waals surface area contributed by atoms with Crippen molar-refractivity contribution in [1.82, 2.24) is 0 Å². The van der Waals surface area contributed by atoms with Gasteiger partial charge in [0.15, 0.2) is 0 Å². The van der Waals surface area contributed by atoms with Crippen molar-refractivity contribution in [3.05, 3.63) is 47.5 Å². The van der Waals surface area contributed by atoms with Crippen molar-refractivity contribution in [2.45, 2.75) is 48.3 Å². The van der Waals surface area contributed by atoms with Gasteiger partial charge in [0.25, 0.3) is 0 Å². The lowest BCUT2D eigenvalue weighted by Gasteiger charge is -2.30. The van der Waals surface area contributed by atoms with Crippen LogP contribution in [-0.4, -0.2) is 33.2 Å². The van der Waals surface area contributed by atoms with Crippen LogP contribution in [-0.2, 0) is 31.9 Å². The summed E-state index contributed by atoms with van der Waals surface area (Å²) in [5.74, 6) is -0.319. The number of benzene rings is 2. The average Bonchev–Trinajstić information content (AvgIpc) is 2.73. The minimum atomic E-state index is -0.160. The summed E-state index contributed by atoms with van der Waals surface area (Å²) in [6, 6.07) is 13.0. The molecule has 0 unspecified atom stereocenters. The number of ether oxygens (including phenoxy) is 2. The van der Waals surface area contributed by atoms with Gasteiger partial charge in [0, 0.05) is 29.7 Å². The summed E-state index contributed by atoms with van der Waals surface area (Å²) in [5, 5.41) is 0. The lowest BCUT2D eigenvalue weighted by molar-refractivity contribution is -0.141. The Bertz CT molecular complexity index is 896. The topological polar surface area (TPSA) is 55.8 Å². The summed E-state index contributed by atoms with van der Waals surface area (Å²) in [6.07, 6.45) is 4.18. The van der Waals surface area contributed by atoms with Crippen molar-refractivity contribution in [3.63, 3.8) is 0 Å². The maximum atomic E-state index is 11.3. The van der Waals surface area contributed by atoms with Gasteiger partial charge in [0.1, 0.15) is 0 Å². The second-order valence-electron chi connectivity index (χ2n) is 7.12. The SMILES string of the molecule is COC(=O)CCCc1ccc2c(c1)Sc1ccc(CCCC(=O)OC)cc1N2C. The first-order valence-corrected chi connectivity index (χ1v) is 10.6. The summed E-state index contributed by atoms with van der Waals surface area (Å²) in [7, 11) is 4.94. The fourth-order valence-electron chi connectivity index (χ4n) is 3.47. The first kappa shape index (κ1) is 21.2. The van der Waals surface area contributed by atoms with E-state index in [-0.39, 0.29) is 11.9 Å². The number of fused-ring (bicyclic) bond motifs is 2. The molecule has 29 heavy (non-hydrogen) atoms. The van der Waals surface area contributed by atoms with Gasteiger partial charge in [0.2, 0.25) is 0 Å². The molecule has 0 spiro atoms. The molecular formula is C23H27NO4S. The van der Waals surface area contributed by atoms with Crippen LogP contribution in [0.5, 0.6) is 0 Å². The molecule has 6 heteroatoms. The van der Waals surface area contributed by atoms with Gasteiger partial charge in [-0.15, -0.1) is 0 Å². The molecule has 0 fully saturated rings. The Kier molecular flexibility index (Phi) is 7.20. The van der Waals surface area contributed by atoms with Crippen molar-refractivity contribution < 1.29 is 19.1 Å². The zero-order chi connectivity index (χ0) is 20.8. The van der Waals surface area contributed by atoms with E-state index in [2.05, 4.69) is 48.3 Å². The van der Waals surface area contributed by atoms with Crippen LogP contribution in [0.4, 0.5) is 11.4 Å². The zero-order valence-corrected chi connectivity index (χ0v) is 18.0. The number of esters is 2. The maximum absolute atomic E-state index is 11.3. The molecular weight excluding hydrogens is 386 g/mol. The standard InChI is InChI=1S/C23H27NO4S/c1-24-18-12-10-17(7-5-9-23(26)28-3)15-21(18)29-20-13-11-16(14-19(20)24)6-4-8-22(25)27-2/h10-15H,4-9H2,1-3H3. The van der Waals surface area contributed by atoms with E-state index in [0.717, 1.165) is 25.7 Å². The molecule has 0 amide bonds. The third kappa shape index (κ3) is 5.32. The van der Waals surface area contributed by atoms with Crippen LogP contribution < -0.4 is 4.90 Å². The zero-order valence-electron chi connectivity index (χ0n) is 17.2. The van der Waals surface area contributed by atoms with Crippen LogP contribution in [0.2, 0.25) is 0 Å². The fraction of sp³-hybridized carbons (Fsp3) is 0.391. The molecule has 2 aromatic rings. The van der Waals surface area contributed by atoms with Gasteiger partial charge in [-0.2, -0.15) is 0 Å². The Morgan fingerprint density at radius 1 is 0.828 bits per heavy atom. The highest BCUT2D eigenvalue weighted by Gasteiger charge is 2.21. The van der Waals surface area contributed by atoms with Crippen molar-refractivity contribution in [1.29, 1.82) is 0 Å². The van der Waals surface area contributed by atoms with Crippen LogP contribution in [0.3, 0.4) is 0 Å². The molecule has 0 atom stereocenters. The van der Waals surface area contributed by atoms with Crippen LogP contribution in [0.1, 0.15) is 36.8 Å². The minimum absolute atomic E-state index is 0.159. The maximum Gasteiger partial charge on any atom is 0.305 e. The number of hydrogen-bond acceptors (Lipinski definition) is 6. The Hall–Kier alpha value is -2.47. The van der Waals surface area contributed by atoms with E-state index in [9.17, 15) is 9.59 Å². The van der Waals surface area contributed by atoms with E-state index in [1.54, 1.807) is 11.8 Å². The molecule has 5 nitrogen and oxygen atoms in total. The molecule has 1 aliphatic rings. The van der Waals surface area contributed by atoms with Gasteiger partial charge in [0.05, 0.1) is 25.6 Å². The lowest BCUT2D eigenvalue weighted by Crippen LogP contribution is -2.15. The summed E-state index contributed by atoms with van der Waals surface area (Å²) in [5.41, 5.74) is 4.84. The lowest BCUT2D eigenvalue weighted by atomic mass is 10.1. The van der Waals surface area contributed by atoms with Crippen LogP contribution in [0.25, 0.3) is 0 Å². The third-order valence-corrected chi connectivity index (χ3v) is 6.25. The van der Waals surface area contributed by atoms with Crippen molar-refractivity contribution in [2.24, 2.45) is 0 Å². The molecule has 0 saturated heterocycles. The van der Waals surface area contributed by atoms with Crippen LogP contribution in [0, 0.1) is 0 Å². The number of rotatable bonds is 8. The molecule has 0 saturated carbocycles. The average molecular weight is 414 g/mol. The summed E-state index contributed by atoms with van der Waals surface area (Å²) < 4.78 is 9.42. The Labute approximate surface area is 176 Å². The van der Waals surface area contributed by atoms with E-state index < -0.39 is 0 Å². The smallest absolute Gasteiger partial charge is 0.305 e. The molecule has 1 aliphatic heterocycles. The van der Waals surface area contributed by atoms with Gasteiger partial charge in [-0.05, 0) is 61.1 Å². The summed E-state index contributed by atoms with van der Waals surface area (Å²) in [4.78, 5) is 27.3. The Morgan fingerprint density at radius 2 is 1.41 bits per heavy atom. The van der Waals surface area contributed by atoms with E-state index in [1.807, 2.05) is 0 Å². The van der Waals surface area contributed by atoms with Crippen molar-refractivity contribution in [3.8, 4) is 0 Å². The molecule has 0 radical (unpaired) electrons. The number of anilines is 2. The highest BCUT2D eigenvalue weighted by molar-refractivity contribution is 7.99. The number of nitrogens with zero attached hydrogens (tertiary/aromatic N) is 1. The molecule has 2 aromatic carbocycles. The predicted molar refractivity (Wildman–Crippen MR) is 115 cm³/mol. The quantitative estimate of drug-likeness (QED) is 0.573. The second kappa shape index (κ2) is 9.83. The first-order chi connectivity index (χ1) is 14.0. The number of methoxy groups -OCH3 is 2. The normalized spacial score (nSPS) is 12.2.